The lowest BCUT2D eigenvalue weighted by atomic mass is 10.2. The number of anilines is 1. The van der Waals surface area contributed by atoms with Crippen LogP contribution in [0, 0.1) is 6.92 Å². The zero-order chi connectivity index (χ0) is 17.7. The molecule has 2 aromatic rings. The van der Waals surface area contributed by atoms with Gasteiger partial charge in [-0.25, -0.2) is 0 Å². The molecule has 9 heteroatoms. The Labute approximate surface area is 137 Å². The molecule has 2 rings (SSSR count). The highest BCUT2D eigenvalue weighted by molar-refractivity contribution is 7.85. The fraction of sp³-hybridized carbons (Fsp3) is 0.143. The number of rotatable bonds is 3. The lowest BCUT2D eigenvalue weighted by Gasteiger charge is -2.09. The molecule has 0 spiro atoms. The van der Waals surface area contributed by atoms with Crippen LogP contribution in [0.3, 0.4) is 0 Å². The van der Waals surface area contributed by atoms with Crippen molar-refractivity contribution in [2.75, 3.05) is 5.73 Å². The van der Waals surface area contributed by atoms with Gasteiger partial charge in [-0.15, -0.1) is 8.78 Å². The van der Waals surface area contributed by atoms with E-state index in [2.05, 4.69) is 16.3 Å². The molecule has 2 aromatic carbocycles. The first-order valence-corrected chi connectivity index (χ1v) is 7.94. The molecule has 0 saturated carbocycles. The Morgan fingerprint density at radius 3 is 1.96 bits per heavy atom. The van der Waals surface area contributed by atoms with Crippen LogP contribution in [-0.4, -0.2) is 18.5 Å². The summed E-state index contributed by atoms with van der Waals surface area (Å²) in [5, 5.41) is 0. The van der Waals surface area contributed by atoms with E-state index >= 15 is 0 Å². The first-order valence-electron chi connectivity index (χ1n) is 6.13. The highest BCUT2D eigenvalue weighted by Crippen LogP contribution is 2.25. The molecule has 0 atom stereocenters. The summed E-state index contributed by atoms with van der Waals surface area (Å²) in [4.78, 5) is -0.0666. The van der Waals surface area contributed by atoms with Crippen molar-refractivity contribution < 1.29 is 26.5 Å². The number of hydrogen-bond donors (Lipinski definition) is 2. The number of nitrogen functional groups attached to an aromatic ring is 1. The minimum atomic E-state index is -4.02. The van der Waals surface area contributed by atoms with Crippen LogP contribution in [0.5, 0.6) is 5.75 Å². The van der Waals surface area contributed by atoms with E-state index in [0.717, 1.165) is 5.56 Å². The summed E-state index contributed by atoms with van der Waals surface area (Å²) in [6.45, 7) is 1.84. The van der Waals surface area contributed by atoms with Crippen LogP contribution >= 0.6 is 11.6 Å². The van der Waals surface area contributed by atoms with Crippen LogP contribution in [0.25, 0.3) is 0 Å². The fourth-order valence-corrected chi connectivity index (χ4v) is 1.95. The third-order valence-corrected chi connectivity index (χ3v) is 3.38. The molecule has 0 radical (unpaired) electrons. The predicted molar refractivity (Wildman–Crippen MR) is 83.3 cm³/mol. The SMILES string of the molecule is Cc1ccc(S(=O)(=O)O)cc1.Nc1ccc(OC(F)(F)Cl)cc1. The summed E-state index contributed by atoms with van der Waals surface area (Å²) in [6.07, 6.45) is 0. The van der Waals surface area contributed by atoms with Crippen LogP contribution in [-0.2, 0) is 10.1 Å². The van der Waals surface area contributed by atoms with Gasteiger partial charge in [-0.3, -0.25) is 4.55 Å². The number of alkyl halides is 3. The van der Waals surface area contributed by atoms with E-state index in [1.807, 2.05) is 6.92 Å². The fourth-order valence-electron chi connectivity index (χ4n) is 1.38. The summed E-state index contributed by atoms with van der Waals surface area (Å²) in [6, 6.07) is 11.5. The van der Waals surface area contributed by atoms with Gasteiger partial charge in [0.15, 0.2) is 0 Å². The summed E-state index contributed by atoms with van der Waals surface area (Å²) in [5.74, 6) is -0.0239. The van der Waals surface area contributed by atoms with Crippen molar-refractivity contribution >= 4 is 27.4 Å². The average molecular weight is 366 g/mol. The number of benzene rings is 2. The Morgan fingerprint density at radius 1 is 1.09 bits per heavy atom. The lowest BCUT2D eigenvalue weighted by molar-refractivity contribution is -0.0964. The van der Waals surface area contributed by atoms with Crippen LogP contribution < -0.4 is 10.5 Å². The maximum absolute atomic E-state index is 12.0. The monoisotopic (exact) mass is 365 g/mol. The van der Waals surface area contributed by atoms with Crippen LogP contribution in [0.1, 0.15) is 5.56 Å². The number of halogens is 3. The van der Waals surface area contributed by atoms with E-state index in [0.29, 0.717) is 5.69 Å². The van der Waals surface area contributed by atoms with Crippen molar-refractivity contribution in [1.82, 2.24) is 0 Å². The predicted octanol–water partition coefficient (Wildman–Crippen LogP) is 3.68. The number of aryl methyl sites for hydroxylation is 1. The molecular formula is C14H14ClF2NO4S. The molecule has 0 aromatic heterocycles. The summed E-state index contributed by atoms with van der Waals surface area (Å²) in [5.41, 5.74) is 3.07. The van der Waals surface area contributed by atoms with Gasteiger partial charge in [0, 0.05) is 17.3 Å². The minimum absolute atomic E-state index is 0.0239. The lowest BCUT2D eigenvalue weighted by Crippen LogP contribution is -2.15. The van der Waals surface area contributed by atoms with E-state index in [-0.39, 0.29) is 10.6 Å². The molecule has 0 saturated heterocycles. The largest absolute Gasteiger partial charge is 0.487 e. The van der Waals surface area contributed by atoms with Gasteiger partial charge in [-0.1, -0.05) is 17.7 Å². The first kappa shape index (κ1) is 19.1. The third-order valence-electron chi connectivity index (χ3n) is 2.43. The normalized spacial score (nSPS) is 11.3. The summed E-state index contributed by atoms with van der Waals surface area (Å²) < 4.78 is 57.6. The molecule has 0 bridgehead atoms. The Balaban J connectivity index is 0.000000231. The maximum Gasteiger partial charge on any atom is 0.487 e. The molecule has 0 unspecified atom stereocenters. The molecule has 0 aliphatic carbocycles. The molecule has 0 heterocycles. The number of hydrogen-bond acceptors (Lipinski definition) is 4. The standard InChI is InChI=1S/C7H6ClF2NO.C7H8O3S/c8-7(9,10)12-6-3-1-5(11)2-4-6;1-6-2-4-7(5-3-6)11(8,9)10/h1-4H,11H2;2-5H,1H3,(H,8,9,10). The van der Waals surface area contributed by atoms with Gasteiger partial charge in [-0.05, 0) is 43.3 Å². The molecule has 3 N–H and O–H groups in total. The quantitative estimate of drug-likeness (QED) is 0.492. The Kier molecular flexibility index (Phi) is 6.31. The van der Waals surface area contributed by atoms with Gasteiger partial charge >= 0.3 is 5.57 Å². The van der Waals surface area contributed by atoms with Gasteiger partial charge < -0.3 is 10.5 Å². The molecule has 0 aliphatic heterocycles. The van der Waals surface area contributed by atoms with Crippen molar-refractivity contribution in [3.8, 4) is 5.75 Å². The van der Waals surface area contributed by atoms with Crippen molar-refractivity contribution in [2.45, 2.75) is 17.4 Å². The zero-order valence-electron chi connectivity index (χ0n) is 11.9. The second kappa shape index (κ2) is 7.58. The molecular weight excluding hydrogens is 352 g/mol. The van der Waals surface area contributed by atoms with E-state index in [1.54, 1.807) is 12.1 Å². The van der Waals surface area contributed by atoms with E-state index in [4.69, 9.17) is 10.3 Å². The molecule has 23 heavy (non-hydrogen) atoms. The van der Waals surface area contributed by atoms with E-state index < -0.39 is 15.7 Å². The topological polar surface area (TPSA) is 89.6 Å². The van der Waals surface area contributed by atoms with Gasteiger partial charge in [0.05, 0.1) is 4.90 Å². The average Bonchev–Trinajstić information content (AvgIpc) is 2.40. The molecule has 5 nitrogen and oxygen atoms in total. The second-order valence-corrected chi connectivity index (χ2v) is 6.27. The Morgan fingerprint density at radius 2 is 1.57 bits per heavy atom. The van der Waals surface area contributed by atoms with E-state index in [9.17, 15) is 17.2 Å². The zero-order valence-corrected chi connectivity index (χ0v) is 13.5. The number of ether oxygens (including phenoxy) is 1. The third kappa shape index (κ3) is 7.78. The van der Waals surface area contributed by atoms with Crippen molar-refractivity contribution in [1.29, 1.82) is 0 Å². The minimum Gasteiger partial charge on any atom is -0.420 e. The van der Waals surface area contributed by atoms with Gasteiger partial charge in [-0.2, -0.15) is 8.42 Å². The van der Waals surface area contributed by atoms with E-state index in [1.165, 1.54) is 36.4 Å². The summed E-state index contributed by atoms with van der Waals surface area (Å²) >= 11 is 4.52. The van der Waals surface area contributed by atoms with Gasteiger partial charge in [0.2, 0.25) is 0 Å². The smallest absolute Gasteiger partial charge is 0.420 e. The highest BCUT2D eigenvalue weighted by atomic mass is 35.5. The van der Waals surface area contributed by atoms with Crippen LogP contribution in [0.2, 0.25) is 0 Å². The van der Waals surface area contributed by atoms with Crippen molar-refractivity contribution in [3.63, 3.8) is 0 Å². The van der Waals surface area contributed by atoms with Gasteiger partial charge in [0.1, 0.15) is 5.75 Å². The van der Waals surface area contributed by atoms with Crippen molar-refractivity contribution in [2.24, 2.45) is 0 Å². The Hall–Kier alpha value is -1.90. The van der Waals surface area contributed by atoms with Gasteiger partial charge in [0.25, 0.3) is 10.1 Å². The van der Waals surface area contributed by atoms with Crippen LogP contribution in [0.15, 0.2) is 53.4 Å². The molecule has 0 fully saturated rings. The number of nitrogens with two attached hydrogens (primary N) is 1. The van der Waals surface area contributed by atoms with Crippen molar-refractivity contribution in [3.05, 3.63) is 54.1 Å². The Bertz CT molecular complexity index is 729. The first-order chi connectivity index (χ1) is 10.5. The van der Waals surface area contributed by atoms with Crippen LogP contribution in [0.4, 0.5) is 14.5 Å². The molecule has 126 valence electrons. The maximum atomic E-state index is 12.0. The summed E-state index contributed by atoms with van der Waals surface area (Å²) in [7, 11) is -4.02. The highest BCUT2D eigenvalue weighted by Gasteiger charge is 2.27. The molecule has 0 amide bonds. The second-order valence-electron chi connectivity index (χ2n) is 4.40. The molecule has 0 aliphatic rings.